The van der Waals surface area contributed by atoms with Gasteiger partial charge in [0.25, 0.3) is 5.91 Å². The molecule has 0 radical (unpaired) electrons. The first kappa shape index (κ1) is 25.8. The monoisotopic (exact) mass is 473 g/mol. The van der Waals surface area contributed by atoms with Crippen LogP contribution in [0.15, 0.2) is 78.9 Å². The van der Waals surface area contributed by atoms with Gasteiger partial charge in [0.15, 0.2) is 0 Å². The number of anilines is 2. The number of ether oxygens (including phenoxy) is 1. The lowest BCUT2D eigenvalue weighted by Gasteiger charge is -2.21. The maximum atomic E-state index is 12.8. The van der Waals surface area contributed by atoms with Crippen LogP contribution in [0.3, 0.4) is 0 Å². The molecule has 0 aliphatic carbocycles. The Morgan fingerprint density at radius 3 is 2.23 bits per heavy atom. The van der Waals surface area contributed by atoms with Gasteiger partial charge in [0, 0.05) is 36.4 Å². The van der Waals surface area contributed by atoms with Gasteiger partial charge in [0.2, 0.25) is 5.91 Å². The van der Waals surface area contributed by atoms with Crippen LogP contribution in [0.25, 0.3) is 0 Å². The number of carbonyl (C=O) groups is 2. The number of nitrogens with one attached hydrogen (secondary N) is 2. The Bertz CT molecular complexity index is 1060. The number of hydrogen-bond acceptors (Lipinski definition) is 4. The Balaban J connectivity index is 1.46. The molecule has 184 valence electrons. The smallest absolute Gasteiger partial charge is 0.253 e. The van der Waals surface area contributed by atoms with E-state index in [9.17, 15) is 9.59 Å². The second kappa shape index (κ2) is 13.8. The summed E-state index contributed by atoms with van der Waals surface area (Å²) in [6.07, 6.45) is 2.68. The van der Waals surface area contributed by atoms with Crippen LogP contribution in [0.2, 0.25) is 0 Å². The van der Waals surface area contributed by atoms with Gasteiger partial charge in [-0.25, -0.2) is 0 Å². The second-order valence-electron chi connectivity index (χ2n) is 8.38. The summed E-state index contributed by atoms with van der Waals surface area (Å²) in [4.78, 5) is 27.1. The highest BCUT2D eigenvalue weighted by Gasteiger charge is 2.14. The van der Waals surface area contributed by atoms with Crippen molar-refractivity contribution in [3.05, 3.63) is 90.0 Å². The molecule has 2 N–H and O–H groups in total. The third-order valence-electron chi connectivity index (χ3n) is 5.48. The molecule has 35 heavy (non-hydrogen) atoms. The van der Waals surface area contributed by atoms with Crippen LogP contribution >= 0.6 is 0 Å². The van der Waals surface area contributed by atoms with Gasteiger partial charge in [0.1, 0.15) is 5.75 Å². The summed E-state index contributed by atoms with van der Waals surface area (Å²) in [5, 5.41) is 5.99. The lowest BCUT2D eigenvalue weighted by atomic mass is 10.1. The predicted octanol–water partition coefficient (Wildman–Crippen LogP) is 5.62. The molecule has 0 atom stereocenters. The standard InChI is InChI=1S/C29H35N3O3/c1-3-18-32(19-4-2)29(34)24-11-8-12-26(21-24)30-22-28(33)31-25-13-15-27(16-14-25)35-20-17-23-9-6-5-7-10-23/h5-16,21,30H,3-4,17-20,22H2,1-2H3,(H,31,33). The summed E-state index contributed by atoms with van der Waals surface area (Å²) < 4.78 is 5.80. The van der Waals surface area contributed by atoms with E-state index in [2.05, 4.69) is 36.6 Å². The average Bonchev–Trinajstić information content (AvgIpc) is 2.89. The van der Waals surface area contributed by atoms with E-state index in [0.29, 0.717) is 17.9 Å². The van der Waals surface area contributed by atoms with Gasteiger partial charge < -0.3 is 20.3 Å². The third kappa shape index (κ3) is 8.49. The molecule has 0 aliphatic heterocycles. The van der Waals surface area contributed by atoms with Gasteiger partial charge in [-0.2, -0.15) is 0 Å². The Labute approximate surface area is 208 Å². The van der Waals surface area contributed by atoms with E-state index in [0.717, 1.165) is 43.8 Å². The molecular formula is C29H35N3O3. The quantitative estimate of drug-likeness (QED) is 0.338. The van der Waals surface area contributed by atoms with Crippen LogP contribution in [0.1, 0.15) is 42.6 Å². The number of rotatable bonds is 13. The zero-order valence-electron chi connectivity index (χ0n) is 20.6. The van der Waals surface area contributed by atoms with Crippen molar-refractivity contribution in [2.24, 2.45) is 0 Å². The zero-order valence-corrected chi connectivity index (χ0v) is 20.6. The first-order valence-electron chi connectivity index (χ1n) is 12.3. The van der Waals surface area contributed by atoms with E-state index in [1.165, 1.54) is 5.56 Å². The molecular weight excluding hydrogens is 438 g/mol. The van der Waals surface area contributed by atoms with Crippen molar-refractivity contribution in [1.29, 1.82) is 0 Å². The fraction of sp³-hybridized carbons (Fsp3) is 0.310. The van der Waals surface area contributed by atoms with Crippen LogP contribution in [0.4, 0.5) is 11.4 Å². The number of benzene rings is 3. The topological polar surface area (TPSA) is 70.7 Å². The summed E-state index contributed by atoms with van der Waals surface area (Å²) in [5.74, 6) is 0.615. The lowest BCUT2D eigenvalue weighted by molar-refractivity contribution is -0.114. The molecule has 6 nitrogen and oxygen atoms in total. The Morgan fingerprint density at radius 2 is 1.54 bits per heavy atom. The molecule has 6 heteroatoms. The van der Waals surface area contributed by atoms with Gasteiger partial charge in [-0.15, -0.1) is 0 Å². The van der Waals surface area contributed by atoms with Crippen molar-refractivity contribution in [3.63, 3.8) is 0 Å². The van der Waals surface area contributed by atoms with Crippen LogP contribution in [-0.2, 0) is 11.2 Å². The van der Waals surface area contributed by atoms with E-state index in [4.69, 9.17) is 4.74 Å². The fourth-order valence-corrected chi connectivity index (χ4v) is 3.75. The Hall–Kier alpha value is -3.80. The van der Waals surface area contributed by atoms with Crippen molar-refractivity contribution in [3.8, 4) is 5.75 Å². The summed E-state index contributed by atoms with van der Waals surface area (Å²) in [6, 6.07) is 24.9. The fourth-order valence-electron chi connectivity index (χ4n) is 3.75. The van der Waals surface area contributed by atoms with Gasteiger partial charge >= 0.3 is 0 Å². The summed E-state index contributed by atoms with van der Waals surface area (Å²) in [6.45, 7) is 6.31. The molecule has 0 aliphatic rings. The highest BCUT2D eigenvalue weighted by Crippen LogP contribution is 2.17. The summed E-state index contributed by atoms with van der Waals surface area (Å²) in [7, 11) is 0. The molecule has 0 unspecified atom stereocenters. The molecule has 3 rings (SSSR count). The Kier molecular flexibility index (Phi) is 10.2. The van der Waals surface area contributed by atoms with Crippen molar-refractivity contribution < 1.29 is 14.3 Å². The third-order valence-corrected chi connectivity index (χ3v) is 5.48. The van der Waals surface area contributed by atoms with Crippen LogP contribution < -0.4 is 15.4 Å². The summed E-state index contributed by atoms with van der Waals surface area (Å²) >= 11 is 0. The van der Waals surface area contributed by atoms with Crippen molar-refractivity contribution in [1.82, 2.24) is 4.90 Å². The van der Waals surface area contributed by atoms with E-state index >= 15 is 0 Å². The molecule has 0 saturated heterocycles. The summed E-state index contributed by atoms with van der Waals surface area (Å²) in [5.41, 5.74) is 3.30. The molecule has 3 aromatic rings. The van der Waals surface area contributed by atoms with E-state index in [-0.39, 0.29) is 18.4 Å². The van der Waals surface area contributed by atoms with Crippen molar-refractivity contribution in [2.75, 3.05) is 36.9 Å². The van der Waals surface area contributed by atoms with Crippen LogP contribution in [-0.4, -0.2) is 43.0 Å². The normalized spacial score (nSPS) is 10.5. The van der Waals surface area contributed by atoms with Crippen LogP contribution in [0.5, 0.6) is 5.75 Å². The number of amides is 2. The molecule has 0 heterocycles. The highest BCUT2D eigenvalue weighted by atomic mass is 16.5. The first-order chi connectivity index (χ1) is 17.1. The maximum absolute atomic E-state index is 12.8. The molecule has 3 aromatic carbocycles. The van der Waals surface area contributed by atoms with Crippen molar-refractivity contribution in [2.45, 2.75) is 33.1 Å². The number of carbonyl (C=O) groups excluding carboxylic acids is 2. The highest BCUT2D eigenvalue weighted by molar-refractivity contribution is 5.96. The molecule has 0 saturated carbocycles. The van der Waals surface area contributed by atoms with Gasteiger partial charge in [-0.3, -0.25) is 9.59 Å². The largest absolute Gasteiger partial charge is 0.493 e. The van der Waals surface area contributed by atoms with Crippen LogP contribution in [0, 0.1) is 0 Å². The average molecular weight is 474 g/mol. The van der Waals surface area contributed by atoms with Gasteiger partial charge in [-0.05, 0) is 60.9 Å². The minimum absolute atomic E-state index is 0.0212. The molecule has 0 aromatic heterocycles. The molecule has 2 amide bonds. The maximum Gasteiger partial charge on any atom is 0.253 e. The van der Waals surface area contributed by atoms with E-state index in [1.54, 1.807) is 6.07 Å². The predicted molar refractivity (Wildman–Crippen MR) is 142 cm³/mol. The van der Waals surface area contributed by atoms with Gasteiger partial charge in [0.05, 0.1) is 13.2 Å². The number of hydrogen-bond donors (Lipinski definition) is 2. The van der Waals surface area contributed by atoms with Crippen molar-refractivity contribution >= 4 is 23.2 Å². The molecule has 0 fully saturated rings. The van der Waals surface area contributed by atoms with Gasteiger partial charge in [-0.1, -0.05) is 50.2 Å². The minimum atomic E-state index is -0.168. The lowest BCUT2D eigenvalue weighted by Crippen LogP contribution is -2.32. The van der Waals surface area contributed by atoms with E-state index < -0.39 is 0 Å². The molecule has 0 spiro atoms. The SMILES string of the molecule is CCCN(CCC)C(=O)c1cccc(NCC(=O)Nc2ccc(OCCc3ccccc3)cc2)c1. The first-order valence-corrected chi connectivity index (χ1v) is 12.3. The Morgan fingerprint density at radius 1 is 0.829 bits per heavy atom. The van der Waals surface area contributed by atoms with E-state index in [1.807, 2.05) is 65.6 Å². The second-order valence-corrected chi connectivity index (χ2v) is 8.38. The minimum Gasteiger partial charge on any atom is -0.493 e. The number of nitrogens with zero attached hydrogens (tertiary/aromatic N) is 1. The zero-order chi connectivity index (χ0) is 24.9. The molecule has 0 bridgehead atoms.